The normalized spacial score (nSPS) is 17.2. The molecule has 172 valence electrons. The number of amides is 2. The highest BCUT2D eigenvalue weighted by Gasteiger charge is 2.38. The molecule has 2 aliphatic heterocycles. The fraction of sp³-hybridized carbons (Fsp3) is 0.280. The molecule has 2 saturated heterocycles. The van der Waals surface area contributed by atoms with E-state index in [9.17, 15) is 9.59 Å². The lowest BCUT2D eigenvalue weighted by Gasteiger charge is -2.48. The molecule has 0 aliphatic carbocycles. The third-order valence-electron chi connectivity index (χ3n) is 6.58. The van der Waals surface area contributed by atoms with Crippen molar-refractivity contribution in [2.24, 2.45) is 0 Å². The molecular formula is C25H23N5O3S. The molecule has 34 heavy (non-hydrogen) atoms. The van der Waals surface area contributed by atoms with Gasteiger partial charge >= 0.3 is 0 Å². The topological polar surface area (TPSA) is 82.8 Å². The highest BCUT2D eigenvalue weighted by Crippen LogP contribution is 2.29. The minimum absolute atomic E-state index is 0.00124. The number of fused-ring (bicyclic) bond motifs is 1. The number of aromatic nitrogens is 2. The average molecular weight is 474 g/mol. The van der Waals surface area contributed by atoms with Crippen LogP contribution in [-0.2, 0) is 0 Å². The summed E-state index contributed by atoms with van der Waals surface area (Å²) in [6.45, 7) is 4.33. The van der Waals surface area contributed by atoms with Gasteiger partial charge in [0.05, 0.1) is 11.1 Å². The predicted molar refractivity (Wildman–Crippen MR) is 129 cm³/mol. The lowest BCUT2D eigenvalue weighted by molar-refractivity contribution is 0.00849. The molecule has 6 rings (SSSR count). The largest absolute Gasteiger partial charge is 0.435 e. The second-order valence-corrected chi connectivity index (χ2v) is 9.32. The van der Waals surface area contributed by atoms with Crippen LogP contribution in [0.15, 0.2) is 63.8 Å². The fourth-order valence-corrected chi connectivity index (χ4v) is 5.14. The van der Waals surface area contributed by atoms with Crippen molar-refractivity contribution >= 4 is 34.3 Å². The molecule has 4 aromatic rings. The summed E-state index contributed by atoms with van der Waals surface area (Å²) in [4.78, 5) is 40.5. The van der Waals surface area contributed by atoms with Crippen molar-refractivity contribution in [1.82, 2.24) is 24.7 Å². The first kappa shape index (κ1) is 21.0. The number of nitrogens with zero attached hydrogens (tertiary/aromatic N) is 5. The van der Waals surface area contributed by atoms with Gasteiger partial charge in [-0.1, -0.05) is 24.3 Å². The molecule has 9 heteroatoms. The van der Waals surface area contributed by atoms with Gasteiger partial charge in [-0.05, 0) is 24.3 Å². The van der Waals surface area contributed by atoms with E-state index in [0.717, 1.165) is 18.7 Å². The number of benzene rings is 2. The Balaban J connectivity index is 1.09. The number of piperazine rings is 1. The molecule has 2 amide bonds. The molecule has 8 nitrogen and oxygen atoms in total. The van der Waals surface area contributed by atoms with Crippen molar-refractivity contribution in [3.05, 3.63) is 70.7 Å². The molecular weight excluding hydrogens is 450 g/mol. The van der Waals surface area contributed by atoms with Gasteiger partial charge in [0.25, 0.3) is 11.8 Å². The number of carbonyl (C=O) groups is 2. The highest BCUT2D eigenvalue weighted by atomic mass is 32.1. The Morgan fingerprint density at radius 3 is 2.44 bits per heavy atom. The number of oxazole rings is 1. The van der Waals surface area contributed by atoms with Gasteiger partial charge in [0, 0.05) is 56.3 Å². The molecule has 0 saturated carbocycles. The number of hydrogen-bond donors (Lipinski definition) is 0. The van der Waals surface area contributed by atoms with Crippen molar-refractivity contribution in [2.45, 2.75) is 6.04 Å². The standard InChI is InChI=1S/C25H23N5O3S/c31-24(19-7-4-8-20-22(19)33-23(27-20)17-5-2-1-3-6-17)30-13-18(14-30)28-9-11-29(12-10-28)25(32)21-15-34-16-26-21/h1-8,15-16,18H,9-14H2. The molecule has 2 aliphatic rings. The number of likely N-dealkylation sites (tertiary alicyclic amines) is 1. The van der Waals surface area contributed by atoms with Crippen LogP contribution >= 0.6 is 11.3 Å². The van der Waals surface area contributed by atoms with Crippen LogP contribution in [0.4, 0.5) is 0 Å². The van der Waals surface area contributed by atoms with Gasteiger partial charge < -0.3 is 14.2 Å². The minimum Gasteiger partial charge on any atom is -0.435 e. The number of thiazole rings is 1. The third-order valence-corrected chi connectivity index (χ3v) is 7.17. The first-order valence-corrected chi connectivity index (χ1v) is 12.3. The zero-order valence-electron chi connectivity index (χ0n) is 18.5. The van der Waals surface area contributed by atoms with Gasteiger partial charge in [0.15, 0.2) is 5.58 Å². The summed E-state index contributed by atoms with van der Waals surface area (Å²) in [5.74, 6) is 0.485. The van der Waals surface area contributed by atoms with Crippen molar-refractivity contribution in [1.29, 1.82) is 0 Å². The zero-order chi connectivity index (χ0) is 23.1. The van der Waals surface area contributed by atoms with Crippen LogP contribution in [0.2, 0.25) is 0 Å². The van der Waals surface area contributed by atoms with Gasteiger partial charge in [0.2, 0.25) is 5.89 Å². The van der Waals surface area contributed by atoms with Crippen LogP contribution in [0, 0.1) is 0 Å². The Morgan fingerprint density at radius 1 is 0.912 bits per heavy atom. The molecule has 2 aromatic carbocycles. The zero-order valence-corrected chi connectivity index (χ0v) is 19.3. The highest BCUT2D eigenvalue weighted by molar-refractivity contribution is 7.07. The predicted octanol–water partition coefficient (Wildman–Crippen LogP) is 3.23. The van der Waals surface area contributed by atoms with E-state index in [1.54, 1.807) is 17.0 Å². The molecule has 0 N–H and O–H groups in total. The maximum atomic E-state index is 13.2. The van der Waals surface area contributed by atoms with Gasteiger partial charge in [-0.25, -0.2) is 9.97 Å². The summed E-state index contributed by atoms with van der Waals surface area (Å²) in [7, 11) is 0. The van der Waals surface area contributed by atoms with Crippen LogP contribution in [0.1, 0.15) is 20.8 Å². The van der Waals surface area contributed by atoms with Crippen molar-refractivity contribution < 1.29 is 14.0 Å². The summed E-state index contributed by atoms with van der Waals surface area (Å²) in [6.07, 6.45) is 0. The quantitative estimate of drug-likeness (QED) is 0.453. The summed E-state index contributed by atoms with van der Waals surface area (Å²) < 4.78 is 6.02. The average Bonchev–Trinajstić information content (AvgIpc) is 3.54. The summed E-state index contributed by atoms with van der Waals surface area (Å²) in [5.41, 5.74) is 4.85. The van der Waals surface area contributed by atoms with Crippen molar-refractivity contribution in [3.63, 3.8) is 0 Å². The summed E-state index contributed by atoms with van der Waals surface area (Å²) in [5, 5.41) is 1.79. The monoisotopic (exact) mass is 473 g/mol. The molecule has 2 aromatic heterocycles. The number of rotatable bonds is 4. The van der Waals surface area contributed by atoms with E-state index < -0.39 is 0 Å². The number of para-hydroxylation sites is 1. The van der Waals surface area contributed by atoms with E-state index in [-0.39, 0.29) is 11.8 Å². The number of carbonyl (C=O) groups excluding carboxylic acids is 2. The van der Waals surface area contributed by atoms with Gasteiger partial charge in [0.1, 0.15) is 11.2 Å². The molecule has 0 atom stereocenters. The summed E-state index contributed by atoms with van der Waals surface area (Å²) >= 11 is 1.43. The molecule has 2 fully saturated rings. The van der Waals surface area contributed by atoms with Crippen molar-refractivity contribution in [2.75, 3.05) is 39.3 Å². The van der Waals surface area contributed by atoms with Crippen LogP contribution in [0.3, 0.4) is 0 Å². The van der Waals surface area contributed by atoms with Crippen LogP contribution in [0.5, 0.6) is 0 Å². The lowest BCUT2D eigenvalue weighted by Crippen LogP contribution is -2.64. The van der Waals surface area contributed by atoms with Gasteiger partial charge in [-0.3, -0.25) is 14.5 Å². The van der Waals surface area contributed by atoms with E-state index in [4.69, 9.17) is 4.42 Å². The maximum Gasteiger partial charge on any atom is 0.273 e. The van der Waals surface area contributed by atoms with E-state index in [2.05, 4.69) is 14.9 Å². The third kappa shape index (κ3) is 3.76. The van der Waals surface area contributed by atoms with Crippen LogP contribution < -0.4 is 0 Å². The van der Waals surface area contributed by atoms with Crippen LogP contribution in [-0.4, -0.2) is 81.8 Å². The number of hydrogen-bond acceptors (Lipinski definition) is 7. The molecule has 4 heterocycles. The molecule has 0 radical (unpaired) electrons. The molecule has 0 unspecified atom stereocenters. The minimum atomic E-state index is -0.0324. The first-order valence-electron chi connectivity index (χ1n) is 11.3. The van der Waals surface area contributed by atoms with Gasteiger partial charge in [-0.15, -0.1) is 11.3 Å². The Hall–Kier alpha value is -3.56. The maximum absolute atomic E-state index is 13.2. The van der Waals surface area contributed by atoms with E-state index in [0.29, 0.717) is 60.5 Å². The SMILES string of the molecule is O=C(c1cscn1)N1CCN(C2CN(C(=O)c3cccc4nc(-c5ccccc5)oc34)C2)CC1. The Kier molecular flexibility index (Phi) is 5.35. The van der Waals surface area contributed by atoms with E-state index in [1.165, 1.54) is 11.3 Å². The smallest absolute Gasteiger partial charge is 0.273 e. The second-order valence-electron chi connectivity index (χ2n) is 8.60. The van der Waals surface area contributed by atoms with Crippen LogP contribution in [0.25, 0.3) is 22.6 Å². The molecule has 0 spiro atoms. The van der Waals surface area contributed by atoms with Crippen molar-refractivity contribution in [3.8, 4) is 11.5 Å². The Bertz CT molecular complexity index is 1320. The lowest BCUT2D eigenvalue weighted by atomic mass is 10.0. The molecule has 0 bridgehead atoms. The van der Waals surface area contributed by atoms with Gasteiger partial charge in [-0.2, -0.15) is 0 Å². The second kappa shape index (κ2) is 8.66. The first-order chi connectivity index (χ1) is 16.7. The fourth-order valence-electron chi connectivity index (χ4n) is 4.61. The van der Waals surface area contributed by atoms with E-state index >= 15 is 0 Å². The van der Waals surface area contributed by atoms with E-state index in [1.807, 2.05) is 52.3 Å². The summed E-state index contributed by atoms with van der Waals surface area (Å²) in [6, 6.07) is 15.5. The Morgan fingerprint density at radius 2 is 1.71 bits per heavy atom. The Labute approximate surface area is 200 Å².